The van der Waals surface area contributed by atoms with Crippen LogP contribution in [-0.2, 0) is 9.84 Å². The van der Waals surface area contributed by atoms with Crippen LogP contribution in [0.15, 0.2) is 18.5 Å². The molecular weight excluding hydrogens is 302 g/mol. The van der Waals surface area contributed by atoms with Crippen molar-refractivity contribution in [1.82, 2.24) is 4.98 Å². The van der Waals surface area contributed by atoms with Crippen LogP contribution in [0.2, 0.25) is 0 Å². The molecule has 0 spiro atoms. The molecule has 0 saturated carbocycles. The molecule has 1 atom stereocenters. The maximum atomic E-state index is 11.9. The molecule has 1 fully saturated rings. The molecule has 0 aliphatic carbocycles. The number of rotatable bonds is 3. The van der Waals surface area contributed by atoms with Crippen LogP contribution in [0.3, 0.4) is 0 Å². The Labute approximate surface area is 122 Å². The molecule has 5 nitrogen and oxygen atoms in total. The summed E-state index contributed by atoms with van der Waals surface area (Å²) in [4.78, 5) is 6.15. The second-order valence-corrected chi connectivity index (χ2v) is 8.10. The molecule has 1 aliphatic rings. The van der Waals surface area contributed by atoms with Crippen molar-refractivity contribution in [2.75, 3.05) is 29.2 Å². The van der Waals surface area contributed by atoms with E-state index < -0.39 is 15.2 Å². The third-order valence-corrected chi connectivity index (χ3v) is 5.82. The average Bonchev–Trinajstić information content (AvgIpc) is 2.37. The first-order valence-electron chi connectivity index (χ1n) is 5.68. The lowest BCUT2D eigenvalue weighted by molar-refractivity contribution is 0.584. The van der Waals surface area contributed by atoms with Gasteiger partial charge in [-0.15, -0.1) is 0 Å². The van der Waals surface area contributed by atoms with Gasteiger partial charge in [-0.1, -0.05) is 12.2 Å². The monoisotopic (exact) mass is 317 g/mol. The van der Waals surface area contributed by atoms with E-state index in [0.29, 0.717) is 23.5 Å². The van der Waals surface area contributed by atoms with E-state index in [1.807, 2.05) is 4.90 Å². The van der Waals surface area contributed by atoms with Crippen LogP contribution in [0.5, 0.6) is 0 Å². The van der Waals surface area contributed by atoms with Gasteiger partial charge in [-0.3, -0.25) is 4.98 Å². The maximum Gasteiger partial charge on any atom is 0.169 e. The molecule has 2 rings (SSSR count). The zero-order valence-corrected chi connectivity index (χ0v) is 12.9. The number of anilines is 1. The van der Waals surface area contributed by atoms with Gasteiger partial charge in [0.1, 0.15) is 10.4 Å². The Balaban J connectivity index is 2.46. The van der Waals surface area contributed by atoms with Gasteiger partial charge in [-0.2, -0.15) is 11.8 Å². The third-order valence-electron chi connectivity index (χ3n) is 2.95. The maximum absolute atomic E-state index is 11.9. The third kappa shape index (κ3) is 3.18. The van der Waals surface area contributed by atoms with Gasteiger partial charge in [-0.05, 0) is 6.07 Å². The van der Waals surface area contributed by atoms with Crippen molar-refractivity contribution in [1.29, 1.82) is 0 Å². The van der Waals surface area contributed by atoms with E-state index in [1.54, 1.807) is 30.2 Å². The first-order chi connectivity index (χ1) is 8.91. The summed E-state index contributed by atoms with van der Waals surface area (Å²) in [5.74, 6) is 1.42. The molecule has 0 amide bonds. The Hall–Kier alpha value is -0.860. The van der Waals surface area contributed by atoms with Crippen molar-refractivity contribution in [3.05, 3.63) is 24.0 Å². The number of sulfone groups is 1. The lowest BCUT2D eigenvalue weighted by atomic mass is 10.2. The predicted octanol–water partition coefficient (Wildman–Crippen LogP) is 0.640. The van der Waals surface area contributed by atoms with Gasteiger partial charge in [0.25, 0.3) is 0 Å². The minimum Gasteiger partial charge on any atom is -0.389 e. The molecule has 1 aromatic heterocycles. The topological polar surface area (TPSA) is 76.3 Å². The predicted molar refractivity (Wildman–Crippen MR) is 83.4 cm³/mol. The van der Waals surface area contributed by atoms with Gasteiger partial charge in [0.2, 0.25) is 0 Å². The van der Waals surface area contributed by atoms with E-state index in [9.17, 15) is 8.42 Å². The van der Waals surface area contributed by atoms with Gasteiger partial charge in [-0.25, -0.2) is 8.42 Å². The fourth-order valence-electron chi connectivity index (χ4n) is 2.03. The normalized spacial score (nSPS) is 20.3. The highest BCUT2D eigenvalue weighted by Crippen LogP contribution is 2.28. The van der Waals surface area contributed by atoms with E-state index in [4.69, 9.17) is 18.0 Å². The first-order valence-corrected chi connectivity index (χ1v) is 9.20. The zero-order valence-electron chi connectivity index (χ0n) is 10.4. The standard InChI is InChI=1S/C11H15N3O2S3/c1-19(15,16)10-7-18-5-4-14(10)9-6-13-3-2-8(9)11(12)17/h2-3,6,10H,4-5,7H2,1H3,(H2,12,17). The molecule has 19 heavy (non-hydrogen) atoms. The van der Waals surface area contributed by atoms with Crippen molar-refractivity contribution in [3.63, 3.8) is 0 Å². The summed E-state index contributed by atoms with van der Waals surface area (Å²) >= 11 is 6.66. The summed E-state index contributed by atoms with van der Waals surface area (Å²) in [6, 6.07) is 1.72. The molecule has 2 heterocycles. The second kappa shape index (κ2) is 5.64. The van der Waals surface area contributed by atoms with E-state index in [-0.39, 0.29) is 4.99 Å². The van der Waals surface area contributed by atoms with Crippen LogP contribution in [0.1, 0.15) is 5.56 Å². The van der Waals surface area contributed by atoms with E-state index in [0.717, 1.165) is 5.75 Å². The van der Waals surface area contributed by atoms with E-state index in [2.05, 4.69) is 4.98 Å². The summed E-state index contributed by atoms with van der Waals surface area (Å²) in [5.41, 5.74) is 7.07. The number of thioether (sulfide) groups is 1. The molecule has 0 aromatic carbocycles. The van der Waals surface area contributed by atoms with Crippen LogP contribution >= 0.6 is 24.0 Å². The van der Waals surface area contributed by atoms with Crippen molar-refractivity contribution >= 4 is 44.5 Å². The van der Waals surface area contributed by atoms with Crippen molar-refractivity contribution in [2.45, 2.75) is 5.37 Å². The lowest BCUT2D eigenvalue weighted by Crippen LogP contribution is -2.47. The second-order valence-electron chi connectivity index (χ2n) is 4.31. The number of aromatic nitrogens is 1. The molecule has 1 unspecified atom stereocenters. The van der Waals surface area contributed by atoms with Gasteiger partial charge < -0.3 is 10.6 Å². The summed E-state index contributed by atoms with van der Waals surface area (Å²) < 4.78 is 23.8. The quantitative estimate of drug-likeness (QED) is 0.820. The fourth-order valence-corrected chi connectivity index (χ4v) is 5.04. The van der Waals surface area contributed by atoms with Gasteiger partial charge >= 0.3 is 0 Å². The molecule has 2 N–H and O–H groups in total. The molecule has 8 heteroatoms. The number of hydrogen-bond acceptors (Lipinski definition) is 6. The molecule has 104 valence electrons. The summed E-state index contributed by atoms with van der Waals surface area (Å²) in [5, 5.41) is -0.552. The van der Waals surface area contributed by atoms with Crippen LogP contribution in [0, 0.1) is 0 Å². The Bertz CT molecular complexity index is 589. The van der Waals surface area contributed by atoms with Crippen molar-refractivity contribution in [2.24, 2.45) is 5.73 Å². The van der Waals surface area contributed by atoms with E-state index >= 15 is 0 Å². The van der Waals surface area contributed by atoms with Gasteiger partial charge in [0.15, 0.2) is 9.84 Å². The number of thiocarbonyl (C=S) groups is 1. The Kier molecular flexibility index (Phi) is 4.32. The molecule has 1 aliphatic heterocycles. The zero-order chi connectivity index (χ0) is 14.0. The molecular formula is C11H15N3O2S3. The van der Waals surface area contributed by atoms with Gasteiger partial charge in [0, 0.05) is 36.1 Å². The van der Waals surface area contributed by atoms with Crippen molar-refractivity contribution in [3.8, 4) is 0 Å². The fraction of sp³-hybridized carbons (Fsp3) is 0.455. The highest BCUT2D eigenvalue weighted by molar-refractivity contribution is 8.01. The molecule has 1 saturated heterocycles. The van der Waals surface area contributed by atoms with Crippen LogP contribution < -0.4 is 10.6 Å². The lowest BCUT2D eigenvalue weighted by Gasteiger charge is -2.36. The summed E-state index contributed by atoms with van der Waals surface area (Å²) in [6.07, 6.45) is 4.49. The van der Waals surface area contributed by atoms with Crippen molar-refractivity contribution < 1.29 is 8.42 Å². The number of nitrogens with zero attached hydrogens (tertiary/aromatic N) is 2. The molecule has 1 aromatic rings. The highest BCUT2D eigenvalue weighted by atomic mass is 32.2. The van der Waals surface area contributed by atoms with Gasteiger partial charge in [0.05, 0.1) is 11.9 Å². The van der Waals surface area contributed by atoms with Crippen LogP contribution in [0.4, 0.5) is 5.69 Å². The SMILES string of the molecule is CS(=O)(=O)C1CSCCN1c1cnccc1C(N)=S. The van der Waals surface area contributed by atoms with Crippen LogP contribution in [0.25, 0.3) is 0 Å². The smallest absolute Gasteiger partial charge is 0.169 e. The number of hydrogen-bond donors (Lipinski definition) is 1. The van der Waals surface area contributed by atoms with Crippen LogP contribution in [-0.4, -0.2) is 48.1 Å². The highest BCUT2D eigenvalue weighted by Gasteiger charge is 2.32. The largest absolute Gasteiger partial charge is 0.389 e. The Morgan fingerprint density at radius 3 is 3.00 bits per heavy atom. The Morgan fingerprint density at radius 2 is 2.37 bits per heavy atom. The number of pyridine rings is 1. The molecule has 0 radical (unpaired) electrons. The molecule has 0 bridgehead atoms. The first kappa shape index (κ1) is 14.5. The van der Waals surface area contributed by atoms with E-state index in [1.165, 1.54) is 6.26 Å². The minimum atomic E-state index is -3.17. The summed E-state index contributed by atoms with van der Waals surface area (Å²) in [6.45, 7) is 0.643. The Morgan fingerprint density at radius 1 is 1.63 bits per heavy atom. The summed E-state index contributed by atoms with van der Waals surface area (Å²) in [7, 11) is -3.17. The minimum absolute atomic E-state index is 0.253. The average molecular weight is 317 g/mol. The number of nitrogens with two attached hydrogens (primary N) is 1.